The molecule has 2 N–H and O–H groups in total. The second-order valence-corrected chi connectivity index (χ2v) is 4.04. The zero-order valence-electron chi connectivity index (χ0n) is 8.98. The lowest BCUT2D eigenvalue weighted by Gasteiger charge is -2.35. The van der Waals surface area contributed by atoms with Crippen LogP contribution in [0.25, 0.3) is 0 Å². The summed E-state index contributed by atoms with van der Waals surface area (Å²) in [6.07, 6.45) is 4.05. The van der Waals surface area contributed by atoms with Crippen LogP contribution in [0.5, 0.6) is 0 Å². The van der Waals surface area contributed by atoms with Crippen LogP contribution in [0.3, 0.4) is 0 Å². The molecule has 0 aromatic carbocycles. The molecule has 86 valence electrons. The van der Waals surface area contributed by atoms with Gasteiger partial charge in [0.05, 0.1) is 0 Å². The lowest BCUT2D eigenvalue weighted by Crippen LogP contribution is -2.41. The van der Waals surface area contributed by atoms with Crippen molar-refractivity contribution in [2.24, 2.45) is 0 Å². The van der Waals surface area contributed by atoms with E-state index in [-0.39, 0.29) is 12.2 Å². The molecular formula is C11H19NO3. The van der Waals surface area contributed by atoms with Crippen molar-refractivity contribution in [2.75, 3.05) is 19.7 Å². The molecule has 0 bridgehead atoms. The van der Waals surface area contributed by atoms with Gasteiger partial charge in [-0.3, -0.25) is 4.90 Å². The van der Waals surface area contributed by atoms with Crippen molar-refractivity contribution in [3.63, 3.8) is 0 Å². The molecule has 1 unspecified atom stereocenters. The molecule has 1 aliphatic heterocycles. The zero-order valence-corrected chi connectivity index (χ0v) is 8.98. The van der Waals surface area contributed by atoms with Gasteiger partial charge in [0.1, 0.15) is 0 Å². The topological polar surface area (TPSA) is 60.8 Å². The van der Waals surface area contributed by atoms with E-state index in [9.17, 15) is 4.79 Å². The summed E-state index contributed by atoms with van der Waals surface area (Å²) < 4.78 is 0. The van der Waals surface area contributed by atoms with Gasteiger partial charge >= 0.3 is 5.97 Å². The molecule has 1 rings (SSSR count). The van der Waals surface area contributed by atoms with Crippen LogP contribution in [0.1, 0.15) is 25.7 Å². The van der Waals surface area contributed by atoms with Crippen molar-refractivity contribution in [1.82, 2.24) is 4.90 Å². The molecule has 1 saturated heterocycles. The number of carboxylic acid groups (broad SMARTS) is 1. The molecule has 0 amide bonds. The molecule has 1 aliphatic rings. The third-order valence-corrected chi connectivity index (χ3v) is 2.91. The molecule has 1 heterocycles. The molecule has 1 atom stereocenters. The van der Waals surface area contributed by atoms with Crippen molar-refractivity contribution >= 4 is 5.97 Å². The fraction of sp³-hybridized carbons (Fsp3) is 0.727. The maximum atomic E-state index is 10.7. The van der Waals surface area contributed by atoms with E-state index in [1.807, 2.05) is 0 Å². The van der Waals surface area contributed by atoms with Crippen LogP contribution in [-0.4, -0.2) is 46.8 Å². The minimum atomic E-state index is -0.927. The highest BCUT2D eigenvalue weighted by Gasteiger charge is 2.23. The second-order valence-electron chi connectivity index (χ2n) is 4.04. The standard InChI is InChI=1S/C11H19NO3/c1-9(11(14)15)8-12-6-3-2-4-10(12)5-7-13/h10,13H,1-8H2,(H,14,15). The van der Waals surface area contributed by atoms with E-state index in [4.69, 9.17) is 10.2 Å². The Labute approximate surface area is 90.2 Å². The second kappa shape index (κ2) is 5.88. The van der Waals surface area contributed by atoms with Crippen LogP contribution >= 0.6 is 0 Å². The van der Waals surface area contributed by atoms with Gasteiger partial charge < -0.3 is 10.2 Å². The molecule has 15 heavy (non-hydrogen) atoms. The Hall–Kier alpha value is -0.870. The number of hydrogen-bond acceptors (Lipinski definition) is 3. The highest BCUT2D eigenvalue weighted by atomic mass is 16.4. The van der Waals surface area contributed by atoms with E-state index in [2.05, 4.69) is 11.5 Å². The molecular weight excluding hydrogens is 194 g/mol. The van der Waals surface area contributed by atoms with Gasteiger partial charge in [-0.25, -0.2) is 4.79 Å². The van der Waals surface area contributed by atoms with E-state index >= 15 is 0 Å². The van der Waals surface area contributed by atoms with Crippen LogP contribution < -0.4 is 0 Å². The Kier molecular flexibility index (Phi) is 4.78. The van der Waals surface area contributed by atoms with Crippen molar-refractivity contribution in [3.05, 3.63) is 12.2 Å². The monoisotopic (exact) mass is 213 g/mol. The normalized spacial score (nSPS) is 22.6. The van der Waals surface area contributed by atoms with Crippen molar-refractivity contribution in [1.29, 1.82) is 0 Å². The molecule has 0 spiro atoms. The lowest BCUT2D eigenvalue weighted by atomic mass is 9.99. The molecule has 0 aromatic rings. The Morgan fingerprint density at radius 1 is 1.47 bits per heavy atom. The molecule has 0 aliphatic carbocycles. The zero-order chi connectivity index (χ0) is 11.3. The number of hydrogen-bond donors (Lipinski definition) is 2. The summed E-state index contributed by atoms with van der Waals surface area (Å²) in [5, 5.41) is 17.7. The Bertz CT molecular complexity index is 238. The number of carboxylic acids is 1. The molecule has 1 fully saturated rings. The van der Waals surface area contributed by atoms with Crippen LogP contribution in [-0.2, 0) is 4.79 Å². The average molecular weight is 213 g/mol. The third kappa shape index (κ3) is 3.64. The predicted octanol–water partition coefficient (Wildman–Crippen LogP) is 0.864. The van der Waals surface area contributed by atoms with Gasteiger partial charge in [0.25, 0.3) is 0 Å². The largest absolute Gasteiger partial charge is 0.478 e. The molecule has 0 saturated carbocycles. The van der Waals surface area contributed by atoms with E-state index in [1.165, 1.54) is 6.42 Å². The number of nitrogens with zero attached hydrogens (tertiary/aromatic N) is 1. The van der Waals surface area contributed by atoms with Gasteiger partial charge in [-0.05, 0) is 25.8 Å². The summed E-state index contributed by atoms with van der Waals surface area (Å²) in [5.74, 6) is -0.927. The fourth-order valence-corrected chi connectivity index (χ4v) is 2.06. The van der Waals surface area contributed by atoms with Crippen molar-refractivity contribution < 1.29 is 15.0 Å². The first kappa shape index (κ1) is 12.2. The highest BCUT2D eigenvalue weighted by Crippen LogP contribution is 2.20. The first-order valence-electron chi connectivity index (χ1n) is 5.41. The summed E-state index contributed by atoms with van der Waals surface area (Å²) in [4.78, 5) is 12.8. The summed E-state index contributed by atoms with van der Waals surface area (Å²) in [6, 6.07) is 0.319. The van der Waals surface area contributed by atoms with Gasteiger partial charge in [0, 0.05) is 24.8 Å². The smallest absolute Gasteiger partial charge is 0.332 e. The van der Waals surface area contributed by atoms with Crippen LogP contribution in [0.4, 0.5) is 0 Å². The summed E-state index contributed by atoms with van der Waals surface area (Å²) in [7, 11) is 0. The predicted molar refractivity (Wildman–Crippen MR) is 57.7 cm³/mol. The Morgan fingerprint density at radius 3 is 2.80 bits per heavy atom. The van der Waals surface area contributed by atoms with Gasteiger partial charge in [-0.2, -0.15) is 0 Å². The van der Waals surface area contributed by atoms with E-state index < -0.39 is 5.97 Å². The fourth-order valence-electron chi connectivity index (χ4n) is 2.06. The number of carbonyl (C=O) groups is 1. The number of likely N-dealkylation sites (tertiary alicyclic amines) is 1. The summed E-state index contributed by atoms with van der Waals surface area (Å²) in [5.41, 5.74) is 0.236. The summed E-state index contributed by atoms with van der Waals surface area (Å²) >= 11 is 0. The van der Waals surface area contributed by atoms with Crippen molar-refractivity contribution in [3.8, 4) is 0 Å². The minimum absolute atomic E-state index is 0.167. The van der Waals surface area contributed by atoms with Crippen LogP contribution in [0, 0.1) is 0 Å². The van der Waals surface area contributed by atoms with Gasteiger partial charge in [-0.1, -0.05) is 13.0 Å². The van der Waals surface area contributed by atoms with E-state index in [0.717, 1.165) is 25.8 Å². The van der Waals surface area contributed by atoms with E-state index in [0.29, 0.717) is 12.6 Å². The highest BCUT2D eigenvalue weighted by molar-refractivity contribution is 5.86. The molecule has 0 radical (unpaired) electrons. The number of aliphatic carboxylic acids is 1. The maximum Gasteiger partial charge on any atom is 0.332 e. The number of aliphatic hydroxyl groups excluding tert-OH is 1. The van der Waals surface area contributed by atoms with Crippen LogP contribution in [0.2, 0.25) is 0 Å². The average Bonchev–Trinajstić information content (AvgIpc) is 2.21. The molecule has 0 aromatic heterocycles. The van der Waals surface area contributed by atoms with Crippen molar-refractivity contribution in [2.45, 2.75) is 31.7 Å². The number of rotatable bonds is 5. The Balaban J connectivity index is 2.48. The maximum absolute atomic E-state index is 10.7. The van der Waals surface area contributed by atoms with Gasteiger partial charge in [-0.15, -0.1) is 0 Å². The lowest BCUT2D eigenvalue weighted by molar-refractivity contribution is -0.133. The first-order valence-corrected chi connectivity index (χ1v) is 5.41. The third-order valence-electron chi connectivity index (χ3n) is 2.91. The van der Waals surface area contributed by atoms with Gasteiger partial charge in [0.15, 0.2) is 0 Å². The minimum Gasteiger partial charge on any atom is -0.478 e. The first-order chi connectivity index (χ1) is 7.15. The molecule has 4 heteroatoms. The Morgan fingerprint density at radius 2 is 2.20 bits per heavy atom. The number of piperidine rings is 1. The molecule has 4 nitrogen and oxygen atoms in total. The number of aliphatic hydroxyl groups is 1. The SMILES string of the molecule is C=C(CN1CCCCC1CCO)C(=O)O. The van der Waals surface area contributed by atoms with E-state index in [1.54, 1.807) is 0 Å². The van der Waals surface area contributed by atoms with Gasteiger partial charge in [0.2, 0.25) is 0 Å². The summed E-state index contributed by atoms with van der Waals surface area (Å²) in [6.45, 7) is 5.04. The van der Waals surface area contributed by atoms with Crippen LogP contribution in [0.15, 0.2) is 12.2 Å². The quantitative estimate of drug-likeness (QED) is 0.665.